The number of benzene rings is 2. The first kappa shape index (κ1) is 19.4. The van der Waals surface area contributed by atoms with Crippen LogP contribution in [0.25, 0.3) is 11.0 Å². The predicted molar refractivity (Wildman–Crippen MR) is 117 cm³/mol. The van der Waals surface area contributed by atoms with Gasteiger partial charge in [0.05, 0.1) is 24.7 Å². The highest BCUT2D eigenvalue weighted by atomic mass is 16.5. The Hall–Kier alpha value is -4.52. The van der Waals surface area contributed by atoms with Crippen molar-refractivity contribution >= 4 is 34.8 Å². The zero-order valence-corrected chi connectivity index (χ0v) is 17.0. The molecule has 3 heterocycles. The fourth-order valence-corrected chi connectivity index (χ4v) is 3.90. The second kappa shape index (κ2) is 7.02. The predicted octanol–water partition coefficient (Wildman–Crippen LogP) is 0.985. The Balaban J connectivity index is 0.00000259. The third kappa shape index (κ3) is 3.16. The number of imide groups is 1. The van der Waals surface area contributed by atoms with Crippen LogP contribution >= 0.6 is 0 Å². The van der Waals surface area contributed by atoms with Gasteiger partial charge in [-0.25, -0.2) is 9.78 Å². The molecule has 0 spiro atoms. The molecule has 5 rings (SSSR count). The second-order valence-electron chi connectivity index (χ2n) is 7.60. The number of hydrogen-bond donors (Lipinski definition) is 4. The maximum atomic E-state index is 13.0. The van der Waals surface area contributed by atoms with Crippen molar-refractivity contribution in [2.24, 2.45) is 0 Å². The molecule has 3 aromatic rings. The van der Waals surface area contributed by atoms with Gasteiger partial charge < -0.3 is 25.7 Å². The number of aromatic amines is 1. The molecule has 0 aliphatic carbocycles. The van der Waals surface area contributed by atoms with Crippen LogP contribution in [0.1, 0.15) is 22.9 Å². The van der Waals surface area contributed by atoms with Crippen LogP contribution in [0.4, 0.5) is 10.7 Å². The average Bonchev–Trinajstić information content (AvgIpc) is 3.38. The molecule has 1 atom stereocenters. The molecule has 0 bridgehead atoms. The fraction of sp³-hybridized carbons (Fsp3) is 0.182. The molecule has 162 valence electrons. The van der Waals surface area contributed by atoms with Crippen LogP contribution in [0.15, 0.2) is 36.4 Å². The Morgan fingerprint density at radius 3 is 2.84 bits per heavy atom. The van der Waals surface area contributed by atoms with Gasteiger partial charge in [0.2, 0.25) is 5.54 Å². The first-order chi connectivity index (χ1) is 15.4. The number of urea groups is 1. The molecule has 1 fully saturated rings. The van der Waals surface area contributed by atoms with E-state index in [1.165, 1.54) is 12.0 Å². The summed E-state index contributed by atoms with van der Waals surface area (Å²) in [5.41, 5.74) is 7.38. The van der Waals surface area contributed by atoms with Gasteiger partial charge in [0.25, 0.3) is 11.8 Å². The van der Waals surface area contributed by atoms with Crippen molar-refractivity contribution in [3.05, 3.63) is 53.1 Å². The topological polar surface area (TPSA) is 142 Å². The van der Waals surface area contributed by atoms with E-state index in [4.69, 9.17) is 10.5 Å². The van der Waals surface area contributed by atoms with E-state index in [1.54, 1.807) is 30.3 Å². The van der Waals surface area contributed by atoms with Crippen LogP contribution in [0.5, 0.6) is 5.75 Å². The lowest BCUT2D eigenvalue weighted by Gasteiger charge is -2.26. The van der Waals surface area contributed by atoms with Gasteiger partial charge in [-0.3, -0.25) is 14.9 Å². The van der Waals surface area contributed by atoms with E-state index < -0.39 is 17.5 Å². The number of imidazole rings is 1. The summed E-state index contributed by atoms with van der Waals surface area (Å²) < 4.78 is 5.20. The van der Waals surface area contributed by atoms with E-state index in [1.807, 2.05) is 6.07 Å². The van der Waals surface area contributed by atoms with E-state index >= 15 is 0 Å². The number of ether oxygens (including phenoxy) is 1. The summed E-state index contributed by atoms with van der Waals surface area (Å²) in [6.07, 6.45) is 0. The maximum Gasteiger partial charge on any atom is 0.323 e. The third-order valence-corrected chi connectivity index (χ3v) is 5.49. The van der Waals surface area contributed by atoms with E-state index in [0.29, 0.717) is 34.5 Å². The summed E-state index contributed by atoms with van der Waals surface area (Å²) in [6.45, 7) is 0.191. The molecule has 32 heavy (non-hydrogen) atoms. The van der Waals surface area contributed by atoms with Crippen molar-refractivity contribution in [3.63, 3.8) is 0 Å². The second-order valence-corrected chi connectivity index (χ2v) is 7.60. The molecule has 0 saturated carbocycles. The first-order valence-electron chi connectivity index (χ1n) is 9.75. The fourth-order valence-electron chi connectivity index (χ4n) is 3.90. The zero-order valence-electron chi connectivity index (χ0n) is 17.0. The quantitative estimate of drug-likeness (QED) is 0.359. The Kier molecular flexibility index (Phi) is 4.27. The monoisotopic (exact) mass is 432 g/mol. The Morgan fingerprint density at radius 2 is 2.09 bits per heavy atom. The number of nitrogens with zero attached hydrogens (tertiary/aromatic N) is 2. The van der Waals surface area contributed by atoms with E-state index in [-0.39, 0.29) is 19.8 Å². The lowest BCUT2D eigenvalue weighted by Crippen LogP contribution is -2.54. The summed E-state index contributed by atoms with van der Waals surface area (Å²) >= 11 is 0. The van der Waals surface area contributed by atoms with Crippen LogP contribution in [-0.2, 0) is 11.3 Å². The average molecular weight is 432 g/mol. The molecule has 2 aliphatic rings. The summed E-state index contributed by atoms with van der Waals surface area (Å²) in [7, 11) is 1.52. The Labute approximate surface area is 183 Å². The minimum Gasteiger partial charge on any atom is -0.497 e. The lowest BCUT2D eigenvalue weighted by molar-refractivity contribution is -0.122. The molecule has 10 nitrogen and oxygen atoms in total. The lowest BCUT2D eigenvalue weighted by atomic mass is 9.99. The number of carbonyl (C=O) groups is 3. The van der Waals surface area contributed by atoms with Crippen molar-refractivity contribution in [1.82, 2.24) is 25.5 Å². The normalized spacial score (nSPS) is 19.4. The van der Waals surface area contributed by atoms with Crippen LogP contribution in [-0.4, -0.2) is 51.9 Å². The molecular formula is C22H20N6O4. The maximum absolute atomic E-state index is 13.0. The number of aromatic nitrogens is 2. The highest BCUT2D eigenvalue weighted by Gasteiger charge is 2.48. The summed E-state index contributed by atoms with van der Waals surface area (Å²) in [4.78, 5) is 46.2. The Morgan fingerprint density at radius 1 is 1.25 bits per heavy atom. The van der Waals surface area contributed by atoms with Crippen LogP contribution in [0.2, 0.25) is 0 Å². The number of fused-ring (bicyclic) bond motifs is 2. The van der Waals surface area contributed by atoms with Gasteiger partial charge in [-0.2, -0.15) is 0 Å². The molecule has 2 aliphatic heterocycles. The Bertz CT molecular complexity index is 1370. The largest absolute Gasteiger partial charge is 0.497 e. The number of anilines is 1. The summed E-state index contributed by atoms with van der Waals surface area (Å²) in [6, 6.07) is 9.82. The minimum absolute atomic E-state index is 0. The van der Waals surface area contributed by atoms with Crippen molar-refractivity contribution in [3.8, 4) is 17.6 Å². The van der Waals surface area contributed by atoms with E-state index in [9.17, 15) is 14.4 Å². The van der Waals surface area contributed by atoms with Crippen LogP contribution in [0, 0.1) is 11.8 Å². The van der Waals surface area contributed by atoms with Gasteiger partial charge in [-0.05, 0) is 35.9 Å². The highest BCUT2D eigenvalue weighted by Crippen LogP contribution is 2.28. The molecule has 1 saturated heterocycles. The molecule has 2 aromatic carbocycles. The van der Waals surface area contributed by atoms with E-state index in [2.05, 4.69) is 32.4 Å². The molecule has 0 unspecified atom stereocenters. The molecule has 10 heteroatoms. The first-order valence-corrected chi connectivity index (χ1v) is 9.75. The van der Waals surface area contributed by atoms with Gasteiger partial charge in [-0.1, -0.05) is 17.9 Å². The van der Waals surface area contributed by atoms with Crippen molar-refractivity contribution in [2.75, 3.05) is 19.4 Å². The summed E-state index contributed by atoms with van der Waals surface area (Å²) in [5.74, 6) is 5.80. The smallest absolute Gasteiger partial charge is 0.323 e. The number of nitrogens with one attached hydrogen (secondary N) is 3. The van der Waals surface area contributed by atoms with Gasteiger partial charge in [0, 0.05) is 19.1 Å². The van der Waals surface area contributed by atoms with Crippen molar-refractivity contribution in [2.45, 2.75) is 12.1 Å². The molecule has 0 radical (unpaired) electrons. The molecular weight excluding hydrogens is 412 g/mol. The number of amides is 4. The molecule has 1 aromatic heterocycles. The molecule has 4 amide bonds. The minimum atomic E-state index is -1.58. The third-order valence-electron chi connectivity index (χ3n) is 5.49. The number of nitrogens with two attached hydrogens (primary N) is 1. The van der Waals surface area contributed by atoms with Crippen LogP contribution in [0.3, 0.4) is 0 Å². The number of H-pyrrole nitrogens is 1. The van der Waals surface area contributed by atoms with Crippen molar-refractivity contribution in [1.29, 1.82) is 0 Å². The molecule has 5 N–H and O–H groups in total. The van der Waals surface area contributed by atoms with E-state index in [0.717, 1.165) is 5.56 Å². The van der Waals surface area contributed by atoms with Crippen LogP contribution < -0.4 is 21.1 Å². The number of nitrogen functional groups attached to an aromatic ring is 1. The summed E-state index contributed by atoms with van der Waals surface area (Å²) in [5, 5.41) is 4.82. The number of carbonyl (C=O) groups excluding carboxylic acids is 3. The standard InChI is InChI=1S/C22H18N6O4.H2/c1-32-14-4-3-13-10-28(18(29)15(13)9-14)11-22(19(30)26-21(31)27-22)7-6-12-2-5-16-17(8-12)25-20(23)24-16;/h2-5,8-9H,10-11H2,1H3,(H3,23,24,25)(H2,26,27,30,31);1H/t22-;/m1./s1. The highest BCUT2D eigenvalue weighted by molar-refractivity contribution is 6.10. The van der Waals surface area contributed by atoms with Crippen molar-refractivity contribution < 1.29 is 20.5 Å². The van der Waals surface area contributed by atoms with Gasteiger partial charge in [0.15, 0.2) is 5.95 Å². The SMILES string of the molecule is COc1ccc2c(c1)C(=O)N(C[C@@]1(C#Cc3ccc4nc(N)[nH]c4c3)NC(=O)NC1=O)C2.[HH]. The number of methoxy groups -OCH3 is 1. The van der Waals surface area contributed by atoms with Gasteiger partial charge in [-0.15, -0.1) is 0 Å². The zero-order chi connectivity index (χ0) is 22.5. The number of hydrogen-bond acceptors (Lipinski definition) is 6. The van der Waals surface area contributed by atoms with Gasteiger partial charge in [0.1, 0.15) is 5.75 Å². The van der Waals surface area contributed by atoms with Gasteiger partial charge >= 0.3 is 6.03 Å². The number of rotatable bonds is 3.